The van der Waals surface area contributed by atoms with Crippen molar-refractivity contribution in [3.8, 4) is 0 Å². The maximum Gasteiger partial charge on any atom is 0.243 e. The molecule has 1 aliphatic rings. The average Bonchev–Trinajstić information content (AvgIpc) is 2.55. The number of nitrogens with two attached hydrogens (primary N) is 1. The van der Waals surface area contributed by atoms with Crippen molar-refractivity contribution in [1.82, 2.24) is 4.31 Å². The molecule has 0 saturated carbocycles. The van der Waals surface area contributed by atoms with E-state index in [9.17, 15) is 16.8 Å². The molecule has 0 unspecified atom stereocenters. The summed E-state index contributed by atoms with van der Waals surface area (Å²) in [6.45, 7) is 3.75. The molecule has 8 heteroatoms. The number of piperidine rings is 1. The van der Waals surface area contributed by atoms with Crippen LogP contribution in [0.25, 0.3) is 0 Å². The molecule has 1 saturated heterocycles. The molecule has 2 atom stereocenters. The predicted molar refractivity (Wildman–Crippen MR) is 89.3 cm³/mol. The summed E-state index contributed by atoms with van der Waals surface area (Å²) in [5, 5.41) is 0. The highest BCUT2D eigenvalue weighted by Crippen LogP contribution is 2.28. The highest BCUT2D eigenvalue weighted by Gasteiger charge is 2.35. The van der Waals surface area contributed by atoms with Crippen LogP contribution in [0.4, 0.5) is 0 Å². The lowest BCUT2D eigenvalue weighted by Crippen LogP contribution is -2.51. The van der Waals surface area contributed by atoms with Crippen LogP contribution >= 0.6 is 0 Å². The van der Waals surface area contributed by atoms with Crippen molar-refractivity contribution < 1.29 is 16.8 Å². The highest BCUT2D eigenvalue weighted by atomic mass is 32.2. The smallest absolute Gasteiger partial charge is 0.243 e. The molecule has 23 heavy (non-hydrogen) atoms. The second-order valence-electron chi connectivity index (χ2n) is 5.92. The van der Waals surface area contributed by atoms with Crippen LogP contribution in [-0.2, 0) is 19.9 Å². The van der Waals surface area contributed by atoms with Gasteiger partial charge in [-0.2, -0.15) is 4.31 Å². The Morgan fingerprint density at radius 3 is 2.48 bits per heavy atom. The first-order valence-electron chi connectivity index (χ1n) is 7.80. The molecule has 1 aromatic rings. The van der Waals surface area contributed by atoms with Crippen LogP contribution in [0.2, 0.25) is 0 Å². The van der Waals surface area contributed by atoms with Crippen molar-refractivity contribution in [2.24, 2.45) is 5.73 Å². The molecule has 0 radical (unpaired) electrons. The van der Waals surface area contributed by atoms with E-state index in [4.69, 9.17) is 5.73 Å². The van der Waals surface area contributed by atoms with E-state index >= 15 is 0 Å². The molecular formula is C15H24N2O4S2. The number of rotatable bonds is 5. The third-order valence-corrected chi connectivity index (χ3v) is 7.91. The number of nitrogens with zero attached hydrogens (tertiary/aromatic N) is 1. The zero-order valence-corrected chi connectivity index (χ0v) is 15.1. The second-order valence-corrected chi connectivity index (χ2v) is 10.1. The third kappa shape index (κ3) is 3.76. The summed E-state index contributed by atoms with van der Waals surface area (Å²) in [6.07, 6.45) is 2.46. The molecular weight excluding hydrogens is 336 g/mol. The molecule has 1 aromatic carbocycles. The summed E-state index contributed by atoms with van der Waals surface area (Å²) in [4.78, 5) is 0.0509. The molecule has 2 rings (SSSR count). The fourth-order valence-corrected chi connectivity index (χ4v) is 5.71. The molecule has 0 aliphatic carbocycles. The van der Waals surface area contributed by atoms with Gasteiger partial charge in [0, 0.05) is 18.6 Å². The molecule has 1 fully saturated rings. The van der Waals surface area contributed by atoms with Crippen LogP contribution in [0.15, 0.2) is 34.1 Å². The van der Waals surface area contributed by atoms with Gasteiger partial charge in [-0.15, -0.1) is 0 Å². The van der Waals surface area contributed by atoms with Gasteiger partial charge in [-0.05, 0) is 38.0 Å². The van der Waals surface area contributed by atoms with Gasteiger partial charge in [-0.25, -0.2) is 16.8 Å². The summed E-state index contributed by atoms with van der Waals surface area (Å²) in [5.74, 6) is -0.0668. The lowest BCUT2D eigenvalue weighted by Gasteiger charge is -2.36. The van der Waals surface area contributed by atoms with E-state index < -0.39 is 19.9 Å². The lowest BCUT2D eigenvalue weighted by molar-refractivity contribution is 0.227. The maximum absolute atomic E-state index is 12.9. The van der Waals surface area contributed by atoms with Crippen LogP contribution in [0, 0.1) is 0 Å². The predicted octanol–water partition coefficient (Wildman–Crippen LogP) is 1.37. The van der Waals surface area contributed by atoms with Crippen molar-refractivity contribution in [3.05, 3.63) is 24.3 Å². The van der Waals surface area contributed by atoms with E-state index in [0.29, 0.717) is 6.54 Å². The first kappa shape index (κ1) is 18.4. The van der Waals surface area contributed by atoms with Gasteiger partial charge in [0.2, 0.25) is 10.0 Å². The normalized spacial score (nSPS) is 22.0. The van der Waals surface area contributed by atoms with Crippen LogP contribution in [0.1, 0.15) is 33.1 Å². The molecule has 0 amide bonds. The van der Waals surface area contributed by atoms with Gasteiger partial charge in [-0.3, -0.25) is 0 Å². The molecule has 0 aromatic heterocycles. The second kappa shape index (κ2) is 6.88. The Morgan fingerprint density at radius 1 is 1.22 bits per heavy atom. The van der Waals surface area contributed by atoms with Gasteiger partial charge in [0.15, 0.2) is 9.84 Å². The van der Waals surface area contributed by atoms with E-state index in [-0.39, 0.29) is 27.6 Å². The molecule has 1 aliphatic heterocycles. The summed E-state index contributed by atoms with van der Waals surface area (Å²) < 4.78 is 51.3. The van der Waals surface area contributed by atoms with Gasteiger partial charge in [0.05, 0.1) is 15.5 Å². The standard InChI is InChI=1S/C15H24N2O4S2/c1-3-22(18,19)13-7-6-8-14(11-13)23(20,21)17-10-5-4-9-15(17)12(2)16/h6-8,11-12,15H,3-5,9-10,16H2,1-2H3/t12-,15-/m0/s1. The summed E-state index contributed by atoms with van der Waals surface area (Å²) in [6, 6.07) is 5.07. The topological polar surface area (TPSA) is 97.5 Å². The Balaban J connectivity index is 2.45. The number of hydrogen-bond acceptors (Lipinski definition) is 5. The van der Waals surface area contributed by atoms with Gasteiger partial charge in [-0.1, -0.05) is 19.4 Å². The minimum atomic E-state index is -3.76. The van der Waals surface area contributed by atoms with E-state index in [2.05, 4.69) is 0 Å². The molecule has 1 heterocycles. The fourth-order valence-electron chi connectivity index (χ4n) is 2.88. The third-order valence-electron chi connectivity index (χ3n) is 4.26. The zero-order chi connectivity index (χ0) is 17.3. The van der Waals surface area contributed by atoms with E-state index in [1.807, 2.05) is 0 Å². The van der Waals surface area contributed by atoms with Crippen molar-refractivity contribution in [2.45, 2.75) is 55.0 Å². The minimum Gasteiger partial charge on any atom is -0.326 e. The van der Waals surface area contributed by atoms with Crippen LogP contribution in [0.5, 0.6) is 0 Å². The van der Waals surface area contributed by atoms with Crippen LogP contribution < -0.4 is 5.73 Å². The Morgan fingerprint density at radius 2 is 1.87 bits per heavy atom. The zero-order valence-electron chi connectivity index (χ0n) is 13.5. The quantitative estimate of drug-likeness (QED) is 0.855. The van der Waals surface area contributed by atoms with Gasteiger partial charge >= 0.3 is 0 Å². The van der Waals surface area contributed by atoms with Crippen LogP contribution in [0.3, 0.4) is 0 Å². The average molecular weight is 361 g/mol. The van der Waals surface area contributed by atoms with Crippen molar-refractivity contribution in [3.63, 3.8) is 0 Å². The molecule has 6 nitrogen and oxygen atoms in total. The van der Waals surface area contributed by atoms with E-state index in [0.717, 1.165) is 19.3 Å². The highest BCUT2D eigenvalue weighted by molar-refractivity contribution is 7.91. The Hall–Kier alpha value is -0.960. The number of sulfonamides is 1. The first-order chi connectivity index (χ1) is 10.7. The molecule has 130 valence electrons. The number of sulfone groups is 1. The first-order valence-corrected chi connectivity index (χ1v) is 10.9. The lowest BCUT2D eigenvalue weighted by atomic mass is 10.00. The van der Waals surface area contributed by atoms with Crippen molar-refractivity contribution in [1.29, 1.82) is 0 Å². The molecule has 2 N–H and O–H groups in total. The van der Waals surface area contributed by atoms with Gasteiger partial charge < -0.3 is 5.73 Å². The van der Waals surface area contributed by atoms with Crippen molar-refractivity contribution in [2.75, 3.05) is 12.3 Å². The Kier molecular flexibility index (Phi) is 5.50. The monoisotopic (exact) mass is 360 g/mol. The molecule has 0 spiro atoms. The minimum absolute atomic E-state index is 0.0135. The Bertz CT molecular complexity index is 757. The molecule has 0 bridgehead atoms. The summed E-state index contributed by atoms with van der Waals surface area (Å²) in [7, 11) is -7.21. The number of hydrogen-bond donors (Lipinski definition) is 1. The summed E-state index contributed by atoms with van der Waals surface area (Å²) >= 11 is 0. The van der Waals surface area contributed by atoms with Crippen molar-refractivity contribution >= 4 is 19.9 Å². The van der Waals surface area contributed by atoms with Crippen LogP contribution in [-0.4, -0.2) is 45.5 Å². The van der Waals surface area contributed by atoms with E-state index in [1.165, 1.54) is 35.5 Å². The Labute approximate surface area is 138 Å². The maximum atomic E-state index is 12.9. The van der Waals surface area contributed by atoms with Gasteiger partial charge in [0.25, 0.3) is 0 Å². The fraction of sp³-hybridized carbons (Fsp3) is 0.600. The number of benzene rings is 1. The SMILES string of the molecule is CCS(=O)(=O)c1cccc(S(=O)(=O)N2CCCC[C@H]2[C@H](C)N)c1. The summed E-state index contributed by atoms with van der Waals surface area (Å²) in [5.41, 5.74) is 5.95. The van der Waals surface area contributed by atoms with Gasteiger partial charge in [0.1, 0.15) is 0 Å². The van der Waals surface area contributed by atoms with E-state index in [1.54, 1.807) is 6.92 Å². The largest absolute Gasteiger partial charge is 0.326 e.